The summed E-state index contributed by atoms with van der Waals surface area (Å²) >= 11 is 0. The molecule has 0 spiro atoms. The minimum Gasteiger partial charge on any atom is -0.497 e. The Kier molecular flexibility index (Phi) is 11.6. The Morgan fingerprint density at radius 1 is 0.848 bits per heavy atom. The van der Waals surface area contributed by atoms with Crippen LogP contribution >= 0.6 is 0 Å². The normalized spacial score (nSPS) is 11.4. The molecule has 0 radical (unpaired) electrons. The molecule has 0 saturated carbocycles. The predicted molar refractivity (Wildman–Crippen MR) is 169 cm³/mol. The zero-order valence-electron chi connectivity index (χ0n) is 26.3. The minimum absolute atomic E-state index is 0.0590. The molecule has 0 saturated heterocycles. The van der Waals surface area contributed by atoms with Crippen LogP contribution in [0.25, 0.3) is 22.4 Å². The van der Waals surface area contributed by atoms with Crippen molar-refractivity contribution in [3.05, 3.63) is 59.0 Å². The summed E-state index contributed by atoms with van der Waals surface area (Å²) in [5.41, 5.74) is 0.703. The van der Waals surface area contributed by atoms with E-state index >= 15 is 0 Å². The number of alkyl carbamates (subject to hydrolysis) is 1. The van der Waals surface area contributed by atoms with Crippen LogP contribution in [-0.2, 0) is 23.8 Å². The lowest BCUT2D eigenvalue weighted by Gasteiger charge is -2.19. The number of nitrogens with one attached hydrogen (secondary N) is 3. The van der Waals surface area contributed by atoms with Crippen LogP contribution in [0, 0.1) is 0 Å². The van der Waals surface area contributed by atoms with Gasteiger partial charge in [-0.25, -0.2) is 19.0 Å². The highest BCUT2D eigenvalue weighted by atomic mass is 16.6. The molecular weight excluding hydrogens is 598 g/mol. The number of fused-ring (bicyclic) bond motifs is 3. The van der Waals surface area contributed by atoms with Crippen LogP contribution in [-0.4, -0.2) is 89.3 Å². The van der Waals surface area contributed by atoms with Crippen LogP contribution in [0.2, 0.25) is 0 Å². The van der Waals surface area contributed by atoms with Gasteiger partial charge in [-0.1, -0.05) is 12.1 Å². The molecule has 46 heavy (non-hydrogen) atoms. The molecule has 0 fully saturated rings. The second kappa shape index (κ2) is 15.8. The smallest absolute Gasteiger partial charge is 0.407 e. The summed E-state index contributed by atoms with van der Waals surface area (Å²) in [6.45, 7) is 7.15. The molecule has 2 heterocycles. The Balaban J connectivity index is 1.22. The van der Waals surface area contributed by atoms with E-state index in [2.05, 4.69) is 26.0 Å². The number of ether oxygens (including phenoxy) is 4. The highest BCUT2D eigenvalue weighted by molar-refractivity contribution is 5.96. The highest BCUT2D eigenvalue weighted by Crippen LogP contribution is 2.21. The molecule has 4 rings (SSSR count). The van der Waals surface area contributed by atoms with E-state index in [1.807, 2.05) is 0 Å². The first-order valence-electron chi connectivity index (χ1n) is 14.8. The largest absolute Gasteiger partial charge is 0.497 e. The molecule has 0 aliphatic carbocycles. The van der Waals surface area contributed by atoms with E-state index in [0.717, 1.165) is 0 Å². The fourth-order valence-corrected chi connectivity index (χ4v) is 4.27. The van der Waals surface area contributed by atoms with E-state index in [4.69, 9.17) is 18.9 Å². The Hall–Kier alpha value is -5.02. The summed E-state index contributed by atoms with van der Waals surface area (Å²) in [7, 11) is 1.55. The van der Waals surface area contributed by atoms with Gasteiger partial charge in [0.2, 0.25) is 17.5 Å². The van der Waals surface area contributed by atoms with Gasteiger partial charge in [0.1, 0.15) is 11.4 Å². The van der Waals surface area contributed by atoms with Crippen molar-refractivity contribution < 1.29 is 33.3 Å². The summed E-state index contributed by atoms with van der Waals surface area (Å²) in [5, 5.41) is 12.5. The molecule has 0 atom stereocenters. The van der Waals surface area contributed by atoms with Crippen LogP contribution in [0.15, 0.2) is 53.3 Å². The second-order valence-electron chi connectivity index (χ2n) is 11.1. The third-order valence-corrected chi connectivity index (χ3v) is 6.35. The van der Waals surface area contributed by atoms with Gasteiger partial charge >= 0.3 is 11.8 Å². The summed E-state index contributed by atoms with van der Waals surface area (Å²) in [6, 6.07) is 13.9. The number of anilines is 1. The molecule has 15 nitrogen and oxygen atoms in total. The second-order valence-corrected chi connectivity index (χ2v) is 11.1. The van der Waals surface area contributed by atoms with Gasteiger partial charge in [-0.05, 0) is 57.2 Å². The number of hydrogen-bond acceptors (Lipinski definition) is 10. The van der Waals surface area contributed by atoms with Gasteiger partial charge in [0.25, 0.3) is 0 Å². The summed E-state index contributed by atoms with van der Waals surface area (Å²) < 4.78 is 23.8. The van der Waals surface area contributed by atoms with Gasteiger partial charge in [-0.3, -0.25) is 9.59 Å². The van der Waals surface area contributed by atoms with Gasteiger partial charge in [0.05, 0.1) is 50.3 Å². The van der Waals surface area contributed by atoms with Crippen molar-refractivity contribution in [3.8, 4) is 11.4 Å². The Morgan fingerprint density at radius 2 is 1.50 bits per heavy atom. The first-order chi connectivity index (χ1) is 22.1. The first kappa shape index (κ1) is 33.9. The van der Waals surface area contributed by atoms with E-state index in [-0.39, 0.29) is 43.4 Å². The molecular formula is C31H39N7O8. The topological polar surface area (TPSA) is 176 Å². The molecule has 4 aromatic rings. The van der Waals surface area contributed by atoms with E-state index in [1.54, 1.807) is 76.4 Å². The average molecular weight is 638 g/mol. The fraction of sp³-hybridized carbons (Fsp3) is 0.419. The average Bonchev–Trinajstić information content (AvgIpc) is 3.37. The lowest BCUT2D eigenvalue weighted by molar-refractivity contribution is -0.124. The van der Waals surface area contributed by atoms with Gasteiger partial charge < -0.3 is 34.9 Å². The lowest BCUT2D eigenvalue weighted by Crippen LogP contribution is -2.34. The van der Waals surface area contributed by atoms with Crippen LogP contribution in [0.1, 0.15) is 33.6 Å². The molecule has 3 N–H and O–H groups in total. The van der Waals surface area contributed by atoms with Crippen molar-refractivity contribution in [2.24, 2.45) is 0 Å². The molecule has 0 unspecified atom stereocenters. The van der Waals surface area contributed by atoms with Gasteiger partial charge in [-0.15, -0.1) is 5.10 Å². The number of carbonyl (C=O) groups is 3. The molecule has 0 bridgehead atoms. The van der Waals surface area contributed by atoms with Crippen LogP contribution in [0.5, 0.6) is 5.75 Å². The van der Waals surface area contributed by atoms with E-state index in [0.29, 0.717) is 48.8 Å². The van der Waals surface area contributed by atoms with Gasteiger partial charge in [0.15, 0.2) is 5.82 Å². The van der Waals surface area contributed by atoms with Crippen molar-refractivity contribution in [1.82, 2.24) is 29.8 Å². The number of benzene rings is 2. The van der Waals surface area contributed by atoms with Crippen LogP contribution in [0.3, 0.4) is 0 Å². The van der Waals surface area contributed by atoms with Crippen molar-refractivity contribution in [2.45, 2.75) is 39.2 Å². The maximum Gasteiger partial charge on any atom is 0.407 e. The maximum absolute atomic E-state index is 13.4. The Morgan fingerprint density at radius 3 is 2.17 bits per heavy atom. The standard InChI is InChI=1S/C31H39N7O8/c1-31(2,3)46-29(41)33-16-18-45-20-19-44-17-15-32-25(39)13-14-26(40)35-27-28-36-38(21-9-11-22(43-4)12-10-21)30(42)37(28)24-8-6-5-7-23(24)34-27/h5-12H,13-20H2,1-4H3,(H,32,39)(H,33,41)(H,34,35,40). The summed E-state index contributed by atoms with van der Waals surface area (Å²) in [6.07, 6.45) is -0.670. The number of nitrogens with zero attached hydrogens (tertiary/aromatic N) is 4. The number of carbonyl (C=O) groups excluding carboxylic acids is 3. The SMILES string of the molecule is COc1ccc(-n2nc3c(NC(=O)CCC(=O)NCCOCCOCCNC(=O)OC(C)(C)C)nc4ccccc4n3c2=O)cc1. The van der Waals surface area contributed by atoms with E-state index < -0.39 is 23.3 Å². The molecule has 2 aromatic carbocycles. The molecule has 2 aromatic heterocycles. The Labute approximate surface area is 265 Å². The third kappa shape index (κ3) is 9.49. The number of para-hydroxylation sites is 2. The number of methoxy groups -OCH3 is 1. The summed E-state index contributed by atoms with van der Waals surface area (Å²) in [5.74, 6) is -0.0460. The lowest BCUT2D eigenvalue weighted by atomic mass is 10.2. The quantitative estimate of drug-likeness (QED) is 0.164. The monoisotopic (exact) mass is 637 g/mol. The molecule has 3 amide bonds. The molecule has 0 aliphatic rings. The molecule has 15 heteroatoms. The minimum atomic E-state index is -0.559. The van der Waals surface area contributed by atoms with Crippen molar-refractivity contribution in [1.29, 1.82) is 0 Å². The Bertz CT molecular complexity index is 1710. The number of aromatic nitrogens is 4. The van der Waals surface area contributed by atoms with Crippen LogP contribution < -0.4 is 26.4 Å². The van der Waals surface area contributed by atoms with Crippen molar-refractivity contribution in [3.63, 3.8) is 0 Å². The highest BCUT2D eigenvalue weighted by Gasteiger charge is 2.19. The maximum atomic E-state index is 13.4. The van der Waals surface area contributed by atoms with Crippen molar-refractivity contribution in [2.75, 3.05) is 51.9 Å². The number of hydrogen-bond donors (Lipinski definition) is 3. The first-order valence-corrected chi connectivity index (χ1v) is 14.8. The zero-order chi connectivity index (χ0) is 33.1. The number of amides is 3. The van der Waals surface area contributed by atoms with Gasteiger partial charge in [0, 0.05) is 25.9 Å². The van der Waals surface area contributed by atoms with E-state index in [1.165, 1.54) is 9.08 Å². The third-order valence-electron chi connectivity index (χ3n) is 6.35. The van der Waals surface area contributed by atoms with Crippen molar-refractivity contribution >= 4 is 40.4 Å². The summed E-state index contributed by atoms with van der Waals surface area (Å²) in [4.78, 5) is 54.6. The molecule has 246 valence electrons. The van der Waals surface area contributed by atoms with Gasteiger partial charge in [-0.2, -0.15) is 4.68 Å². The predicted octanol–water partition coefficient (Wildman–Crippen LogP) is 2.43. The molecule has 0 aliphatic heterocycles. The fourth-order valence-electron chi connectivity index (χ4n) is 4.27. The van der Waals surface area contributed by atoms with E-state index in [9.17, 15) is 19.2 Å². The zero-order valence-corrected chi connectivity index (χ0v) is 26.3. The number of rotatable bonds is 15. The van der Waals surface area contributed by atoms with Crippen LogP contribution in [0.4, 0.5) is 10.6 Å².